The zero-order chi connectivity index (χ0) is 10.7. The number of aromatic nitrogens is 1. The topological polar surface area (TPSA) is 56.0 Å². The molecule has 1 aromatic rings. The van der Waals surface area contributed by atoms with Crippen LogP contribution >= 0.6 is 0 Å². The van der Waals surface area contributed by atoms with Gasteiger partial charge in [-0.25, -0.2) is 0 Å². The van der Waals surface area contributed by atoms with Crippen LogP contribution in [0, 0.1) is 24.0 Å². The highest BCUT2D eigenvalue weighted by atomic mass is 16.6. The normalized spacial score (nSPS) is 10.8. The van der Waals surface area contributed by atoms with Gasteiger partial charge < -0.3 is 0 Å². The summed E-state index contributed by atoms with van der Waals surface area (Å²) in [5.74, 6) is 0. The van der Waals surface area contributed by atoms with E-state index >= 15 is 0 Å². The molecule has 0 radical (unpaired) electrons. The van der Waals surface area contributed by atoms with Crippen molar-refractivity contribution in [3.05, 3.63) is 39.2 Å². The standard InChI is InChI=1S/C10H12N2O2/c1-4-5-9-6-10(12(13)14)8(3)11-7(9)2/h4-6H,1-3H3/b5-4-. The van der Waals surface area contributed by atoms with E-state index < -0.39 is 4.92 Å². The number of aryl methyl sites for hydroxylation is 2. The maximum Gasteiger partial charge on any atom is 0.291 e. The maximum absolute atomic E-state index is 10.6. The van der Waals surface area contributed by atoms with Crippen LogP contribution in [-0.4, -0.2) is 9.91 Å². The Morgan fingerprint density at radius 3 is 2.57 bits per heavy atom. The zero-order valence-corrected chi connectivity index (χ0v) is 8.44. The maximum atomic E-state index is 10.6. The van der Waals surface area contributed by atoms with Gasteiger partial charge in [0.2, 0.25) is 0 Å². The molecule has 0 bridgehead atoms. The SMILES string of the molecule is C/C=C\c1cc([N+](=O)[O-])c(C)nc1C. The van der Waals surface area contributed by atoms with E-state index in [9.17, 15) is 10.1 Å². The predicted molar refractivity (Wildman–Crippen MR) is 55.1 cm³/mol. The first-order chi connectivity index (χ1) is 6.56. The van der Waals surface area contributed by atoms with Crippen molar-refractivity contribution in [2.45, 2.75) is 20.8 Å². The van der Waals surface area contributed by atoms with Gasteiger partial charge in [-0.1, -0.05) is 12.2 Å². The summed E-state index contributed by atoms with van der Waals surface area (Å²) in [6.45, 7) is 5.35. The van der Waals surface area contributed by atoms with Crippen LogP contribution in [0.2, 0.25) is 0 Å². The van der Waals surface area contributed by atoms with Gasteiger partial charge in [0.05, 0.1) is 4.92 Å². The number of hydrogen-bond acceptors (Lipinski definition) is 3. The van der Waals surface area contributed by atoms with Crippen LogP contribution in [0.25, 0.3) is 6.08 Å². The minimum Gasteiger partial charge on any atom is -0.258 e. The molecule has 0 aliphatic rings. The molecule has 0 amide bonds. The Labute approximate surface area is 82.4 Å². The molecular formula is C10H12N2O2. The fourth-order valence-electron chi connectivity index (χ4n) is 1.26. The van der Waals surface area contributed by atoms with Crippen molar-refractivity contribution in [2.75, 3.05) is 0 Å². The van der Waals surface area contributed by atoms with E-state index in [0.717, 1.165) is 11.3 Å². The van der Waals surface area contributed by atoms with Crippen molar-refractivity contribution in [2.24, 2.45) is 0 Å². The van der Waals surface area contributed by atoms with Gasteiger partial charge in [0, 0.05) is 17.3 Å². The molecular weight excluding hydrogens is 180 g/mol. The summed E-state index contributed by atoms with van der Waals surface area (Å²) < 4.78 is 0. The van der Waals surface area contributed by atoms with Crippen molar-refractivity contribution in [1.82, 2.24) is 4.98 Å². The first-order valence-electron chi connectivity index (χ1n) is 4.31. The Bertz CT molecular complexity index is 397. The number of nitrogens with zero attached hydrogens (tertiary/aromatic N) is 2. The predicted octanol–water partition coefficient (Wildman–Crippen LogP) is 2.64. The third kappa shape index (κ3) is 1.96. The number of nitro groups is 1. The highest BCUT2D eigenvalue weighted by Crippen LogP contribution is 2.20. The zero-order valence-electron chi connectivity index (χ0n) is 8.44. The van der Waals surface area contributed by atoms with Crippen LogP contribution in [0.15, 0.2) is 12.1 Å². The molecule has 0 aromatic carbocycles. The van der Waals surface area contributed by atoms with Crippen molar-refractivity contribution in [3.63, 3.8) is 0 Å². The minimum absolute atomic E-state index is 0.0729. The van der Waals surface area contributed by atoms with Crippen molar-refractivity contribution >= 4 is 11.8 Å². The van der Waals surface area contributed by atoms with E-state index in [1.807, 2.05) is 26.0 Å². The monoisotopic (exact) mass is 192 g/mol. The molecule has 74 valence electrons. The van der Waals surface area contributed by atoms with E-state index in [0.29, 0.717) is 5.69 Å². The Hall–Kier alpha value is -1.71. The van der Waals surface area contributed by atoms with E-state index in [1.54, 1.807) is 13.0 Å². The average Bonchev–Trinajstić information content (AvgIpc) is 2.09. The van der Waals surface area contributed by atoms with Crippen LogP contribution in [0.4, 0.5) is 5.69 Å². The largest absolute Gasteiger partial charge is 0.291 e. The Morgan fingerprint density at radius 1 is 1.43 bits per heavy atom. The summed E-state index contributed by atoms with van der Waals surface area (Å²) in [5, 5.41) is 10.6. The molecule has 0 saturated carbocycles. The van der Waals surface area contributed by atoms with Crippen LogP contribution < -0.4 is 0 Å². The fraction of sp³-hybridized carbons (Fsp3) is 0.300. The van der Waals surface area contributed by atoms with Gasteiger partial charge >= 0.3 is 0 Å². The molecule has 0 atom stereocenters. The molecule has 0 aliphatic carbocycles. The first kappa shape index (κ1) is 10.4. The van der Waals surface area contributed by atoms with E-state index in [4.69, 9.17) is 0 Å². The first-order valence-corrected chi connectivity index (χ1v) is 4.31. The van der Waals surface area contributed by atoms with Crippen LogP contribution in [0.5, 0.6) is 0 Å². The van der Waals surface area contributed by atoms with Crippen LogP contribution in [0.1, 0.15) is 23.9 Å². The average molecular weight is 192 g/mol. The van der Waals surface area contributed by atoms with Crippen LogP contribution in [0.3, 0.4) is 0 Å². The lowest BCUT2D eigenvalue weighted by Gasteiger charge is -2.02. The lowest BCUT2D eigenvalue weighted by atomic mass is 10.1. The van der Waals surface area contributed by atoms with Gasteiger partial charge in [0.25, 0.3) is 5.69 Å². The molecule has 4 heteroatoms. The molecule has 1 heterocycles. The molecule has 0 aliphatic heterocycles. The van der Waals surface area contributed by atoms with Crippen molar-refractivity contribution in [1.29, 1.82) is 0 Å². The van der Waals surface area contributed by atoms with E-state index in [1.165, 1.54) is 0 Å². The molecule has 1 aromatic heterocycles. The van der Waals surface area contributed by atoms with Gasteiger partial charge in [0.15, 0.2) is 0 Å². The molecule has 0 unspecified atom stereocenters. The molecule has 4 nitrogen and oxygen atoms in total. The summed E-state index contributed by atoms with van der Waals surface area (Å²) in [6, 6.07) is 1.55. The second-order valence-corrected chi connectivity index (χ2v) is 3.02. The number of rotatable bonds is 2. The summed E-state index contributed by atoms with van der Waals surface area (Å²) in [5.41, 5.74) is 2.14. The highest BCUT2D eigenvalue weighted by Gasteiger charge is 2.13. The Balaban J connectivity index is 3.34. The lowest BCUT2D eigenvalue weighted by Crippen LogP contribution is -1.98. The van der Waals surface area contributed by atoms with Gasteiger partial charge in [-0.15, -0.1) is 0 Å². The summed E-state index contributed by atoms with van der Waals surface area (Å²) in [6.07, 6.45) is 3.65. The lowest BCUT2D eigenvalue weighted by molar-refractivity contribution is -0.385. The van der Waals surface area contributed by atoms with Crippen molar-refractivity contribution < 1.29 is 4.92 Å². The number of pyridine rings is 1. The van der Waals surface area contributed by atoms with Gasteiger partial charge in [-0.3, -0.25) is 15.1 Å². The third-order valence-corrected chi connectivity index (χ3v) is 1.96. The molecule has 0 N–H and O–H groups in total. The number of allylic oxidation sites excluding steroid dienone is 1. The van der Waals surface area contributed by atoms with Gasteiger partial charge in [0.1, 0.15) is 5.69 Å². The van der Waals surface area contributed by atoms with E-state index in [-0.39, 0.29) is 5.69 Å². The quantitative estimate of drug-likeness (QED) is 0.534. The minimum atomic E-state index is -0.408. The molecule has 14 heavy (non-hydrogen) atoms. The fourth-order valence-corrected chi connectivity index (χ4v) is 1.26. The second kappa shape index (κ2) is 4.00. The highest BCUT2D eigenvalue weighted by molar-refractivity contribution is 5.56. The summed E-state index contributed by atoms with van der Waals surface area (Å²) in [4.78, 5) is 14.3. The number of hydrogen-bond donors (Lipinski definition) is 0. The molecule has 0 fully saturated rings. The summed E-state index contributed by atoms with van der Waals surface area (Å²) in [7, 11) is 0. The Kier molecular flexibility index (Phi) is 2.96. The van der Waals surface area contributed by atoms with E-state index in [2.05, 4.69) is 4.98 Å². The van der Waals surface area contributed by atoms with Gasteiger partial charge in [-0.2, -0.15) is 0 Å². The molecule has 1 rings (SSSR count). The Morgan fingerprint density at radius 2 is 2.07 bits per heavy atom. The molecule has 0 saturated heterocycles. The third-order valence-electron chi connectivity index (χ3n) is 1.96. The smallest absolute Gasteiger partial charge is 0.258 e. The van der Waals surface area contributed by atoms with Gasteiger partial charge in [-0.05, 0) is 20.8 Å². The summed E-state index contributed by atoms with van der Waals surface area (Å²) >= 11 is 0. The molecule has 0 spiro atoms. The second-order valence-electron chi connectivity index (χ2n) is 3.02. The van der Waals surface area contributed by atoms with Crippen LogP contribution in [-0.2, 0) is 0 Å². The van der Waals surface area contributed by atoms with Crippen molar-refractivity contribution in [3.8, 4) is 0 Å².